The van der Waals surface area contributed by atoms with E-state index >= 15 is 0 Å². The second-order valence-electron chi connectivity index (χ2n) is 33.6. The highest BCUT2D eigenvalue weighted by atomic mass is 16.6. The van der Waals surface area contributed by atoms with Crippen molar-refractivity contribution >= 4 is 145 Å². The number of nitrogen functional groups attached to an aromatic ring is 1. The highest BCUT2D eigenvalue weighted by Gasteiger charge is 2.30. The van der Waals surface area contributed by atoms with Crippen LogP contribution in [0.1, 0.15) is 96.0 Å². The maximum absolute atomic E-state index is 12.8. The van der Waals surface area contributed by atoms with Gasteiger partial charge in [-0.1, -0.05) is 103 Å². The monoisotopic (exact) mass is 1790 g/mol. The molecule has 29 nitrogen and oxygen atoms in total. The Balaban J connectivity index is 0.000000153. The molecule has 0 aliphatic carbocycles. The molecule has 11 heterocycles. The third-order valence-electron chi connectivity index (χ3n) is 24.3. The summed E-state index contributed by atoms with van der Waals surface area (Å²) in [6.07, 6.45) is 23.4. The number of hydrogen-bond acceptors (Lipinski definition) is 16. The molecule has 0 saturated carbocycles. The van der Waals surface area contributed by atoms with Gasteiger partial charge in [0.1, 0.15) is 29.9 Å². The Kier molecular flexibility index (Phi) is 32.7. The van der Waals surface area contributed by atoms with Gasteiger partial charge in [-0.3, -0.25) is 38.4 Å². The second-order valence-corrected chi connectivity index (χ2v) is 33.6. The van der Waals surface area contributed by atoms with Gasteiger partial charge < -0.3 is 79.4 Å². The number of aromatic nitrogens is 8. The molecule has 686 valence electrons. The van der Waals surface area contributed by atoms with Crippen LogP contribution in [0.5, 0.6) is 0 Å². The zero-order valence-electron chi connectivity index (χ0n) is 76.7. The smallest absolute Gasteiger partial charge is 0.410 e. The number of nitrogens with zero attached hydrogens (tertiary/aromatic N) is 14. The van der Waals surface area contributed by atoms with Crippen LogP contribution in [0.2, 0.25) is 0 Å². The predicted octanol–water partition coefficient (Wildman–Crippen LogP) is 14.7. The Hall–Kier alpha value is -15.4. The predicted molar refractivity (Wildman–Crippen MR) is 522 cm³/mol. The standard InChI is InChI=1S/C33H35N5O4.C27H31N5O3.C25H29N5O2.C19H20N4O/c1-36(22-28-20-27-10-6-7-11-29(27)37(28)2)31(39)15-13-24-12-14-30(34-21-24)35-32(40)26-16-18-38(19-17-26)33(41)42-23-25-8-4-3-5-9-25;1-19(33)32-14-12-21(13-15-32)27(35)29-25-10-8-20(17-28-25)9-11-26(34)30(2)18-23-16-22-6-4-5-7-24(22)31(23)3;1-29(17-21-15-20-5-3-4-6-22(20)30(21)2)24(31)10-8-18-7-9-23(27-16-18)28-25(32)19-11-13-26-14-12-19;1-22(19(24)10-8-14-7-9-18(20)21-12-14)13-16-11-15-5-3-4-6-17(15)23(16)2/h3-15,20-21,26H,16-19,22-23H2,1-2H3,(H,34,35,40);4-11,16-17,21H,12-15,18H2,1-3H3,(H,28,29,35);3-10,15-16,19,26H,11-14,17H2,1-2H3,(H,27,28,32);3-12H,13H2,1-2H3,(H2,20,21)/b15-13+;11-9+;2*10-8+. The van der Waals surface area contributed by atoms with E-state index in [9.17, 15) is 43.2 Å². The molecule has 0 atom stereocenters. The van der Waals surface area contributed by atoms with Crippen LogP contribution >= 0.6 is 0 Å². The lowest BCUT2D eigenvalue weighted by molar-refractivity contribution is -0.132. The molecule has 3 fully saturated rings. The van der Waals surface area contributed by atoms with Gasteiger partial charge in [0, 0.05) is 201 Å². The number of carbonyl (C=O) groups excluding carboxylic acids is 9. The van der Waals surface area contributed by atoms with E-state index in [-0.39, 0.29) is 77.7 Å². The van der Waals surface area contributed by atoms with Crippen molar-refractivity contribution in [2.45, 2.75) is 78.2 Å². The molecule has 0 radical (unpaired) electrons. The van der Waals surface area contributed by atoms with E-state index in [0.717, 1.165) is 109 Å². The lowest BCUT2D eigenvalue weighted by atomic mass is 9.96. The largest absolute Gasteiger partial charge is 0.445 e. The van der Waals surface area contributed by atoms with Gasteiger partial charge >= 0.3 is 6.09 Å². The number of likely N-dealkylation sites (N-methyl/N-ethyl adjacent to an activating group) is 4. The van der Waals surface area contributed by atoms with Gasteiger partial charge in [-0.25, -0.2) is 24.7 Å². The number of likely N-dealkylation sites (tertiary alicyclic amines) is 2. The summed E-state index contributed by atoms with van der Waals surface area (Å²) >= 11 is 0. The molecule has 5 aromatic carbocycles. The Bertz CT molecular complexity index is 6370. The molecular formula is C104H115N19O10. The van der Waals surface area contributed by atoms with Crippen molar-refractivity contribution in [3.63, 3.8) is 0 Å². The topological polar surface area (TPSA) is 328 Å². The first-order valence-electron chi connectivity index (χ1n) is 44.5. The fraction of sp³-hybridized carbons (Fsp3) is 0.279. The van der Waals surface area contributed by atoms with Crippen LogP contribution in [0.15, 0.2) is 249 Å². The fourth-order valence-electron chi connectivity index (χ4n) is 16.1. The molecule has 9 amide bonds. The Morgan fingerprint density at radius 2 is 0.677 bits per heavy atom. The van der Waals surface area contributed by atoms with Crippen molar-refractivity contribution in [2.75, 3.05) is 89.1 Å². The van der Waals surface area contributed by atoms with Gasteiger partial charge in [-0.2, -0.15) is 0 Å². The lowest BCUT2D eigenvalue weighted by Gasteiger charge is -2.30. The Morgan fingerprint density at radius 1 is 0.383 bits per heavy atom. The Labute approximate surface area is 774 Å². The minimum absolute atomic E-state index is 0.0208. The number of fused-ring (bicyclic) bond motifs is 4. The number of para-hydroxylation sites is 4. The number of piperidine rings is 3. The van der Waals surface area contributed by atoms with E-state index in [0.29, 0.717) is 101 Å². The molecule has 3 aliphatic heterocycles. The third-order valence-corrected chi connectivity index (χ3v) is 24.3. The summed E-state index contributed by atoms with van der Waals surface area (Å²) in [4.78, 5) is 139. The first-order valence-corrected chi connectivity index (χ1v) is 44.5. The van der Waals surface area contributed by atoms with Crippen LogP contribution in [0.25, 0.3) is 67.9 Å². The minimum atomic E-state index is -0.360. The highest BCUT2D eigenvalue weighted by Crippen LogP contribution is 2.28. The van der Waals surface area contributed by atoms with E-state index in [4.69, 9.17) is 10.5 Å². The van der Waals surface area contributed by atoms with Crippen molar-refractivity contribution < 1.29 is 47.9 Å². The second kappa shape index (κ2) is 45.7. The quantitative estimate of drug-likeness (QED) is 0.0351. The molecule has 29 heteroatoms. The van der Waals surface area contributed by atoms with E-state index < -0.39 is 0 Å². The van der Waals surface area contributed by atoms with E-state index in [1.165, 1.54) is 22.9 Å². The first-order chi connectivity index (χ1) is 64.2. The van der Waals surface area contributed by atoms with Gasteiger partial charge in [0.2, 0.25) is 47.3 Å². The molecule has 3 saturated heterocycles. The summed E-state index contributed by atoms with van der Waals surface area (Å²) in [5, 5.41) is 16.5. The van der Waals surface area contributed by atoms with Crippen molar-refractivity contribution in [3.8, 4) is 0 Å². The Morgan fingerprint density at radius 3 is 0.970 bits per heavy atom. The minimum Gasteiger partial charge on any atom is -0.445 e. The maximum Gasteiger partial charge on any atom is 0.410 e. The summed E-state index contributed by atoms with van der Waals surface area (Å²) in [6.45, 7) is 7.73. The van der Waals surface area contributed by atoms with E-state index in [1.54, 1.807) is 150 Å². The number of hydrogen-bond donors (Lipinski definition) is 5. The average Bonchev–Trinajstić information content (AvgIpc) is 1.67. The van der Waals surface area contributed by atoms with Crippen LogP contribution in [0.3, 0.4) is 0 Å². The molecule has 13 aromatic rings. The number of nitrogens with two attached hydrogens (primary N) is 1. The van der Waals surface area contributed by atoms with Crippen LogP contribution in [0.4, 0.5) is 28.1 Å². The van der Waals surface area contributed by atoms with Crippen molar-refractivity contribution in [3.05, 3.63) is 300 Å². The van der Waals surface area contributed by atoms with Gasteiger partial charge in [0.15, 0.2) is 0 Å². The number of pyridine rings is 4. The van der Waals surface area contributed by atoms with Crippen LogP contribution in [-0.4, -0.2) is 188 Å². The summed E-state index contributed by atoms with van der Waals surface area (Å²) in [7, 11) is 15.2. The average molecular weight is 1790 g/mol. The summed E-state index contributed by atoms with van der Waals surface area (Å²) < 4.78 is 13.8. The molecule has 3 aliphatic rings. The van der Waals surface area contributed by atoms with Gasteiger partial charge in [0.25, 0.3) is 0 Å². The van der Waals surface area contributed by atoms with Gasteiger partial charge in [-0.15, -0.1) is 0 Å². The number of ether oxygens (including phenoxy) is 1. The molecule has 16 rings (SSSR count). The summed E-state index contributed by atoms with van der Waals surface area (Å²) in [6, 6.07) is 64.9. The molecular weight excluding hydrogens is 1680 g/mol. The lowest BCUT2D eigenvalue weighted by Crippen LogP contribution is -2.41. The van der Waals surface area contributed by atoms with Crippen LogP contribution < -0.4 is 27.0 Å². The molecule has 8 aromatic heterocycles. The summed E-state index contributed by atoms with van der Waals surface area (Å²) in [5.41, 5.74) is 18.5. The number of amides is 9. The van der Waals surface area contributed by atoms with Crippen LogP contribution in [-0.2, 0) is 104 Å². The first kappa shape index (κ1) is 95.2. The van der Waals surface area contributed by atoms with Crippen LogP contribution in [0, 0.1) is 17.8 Å². The van der Waals surface area contributed by atoms with Crippen molar-refractivity contribution in [2.24, 2.45) is 45.9 Å². The fourth-order valence-corrected chi connectivity index (χ4v) is 16.1. The number of rotatable bonds is 24. The number of benzene rings is 5. The van der Waals surface area contributed by atoms with Gasteiger partial charge in [-0.05, 0) is 222 Å². The van der Waals surface area contributed by atoms with E-state index in [1.807, 2.05) is 131 Å². The molecule has 0 spiro atoms. The number of nitrogens with one attached hydrogen (secondary N) is 4. The molecule has 0 unspecified atom stereocenters. The number of anilines is 4. The third kappa shape index (κ3) is 26.2. The maximum atomic E-state index is 12.8. The number of aryl methyl sites for hydroxylation is 4. The van der Waals surface area contributed by atoms with Crippen molar-refractivity contribution in [1.29, 1.82) is 0 Å². The SMILES string of the molecule is CC(=O)N1CCC(C(=O)Nc2ccc(/C=C/C(=O)N(C)Cc3cc4ccccc4n3C)cn2)CC1.CN(Cc1cc2ccccc2n1C)C(=O)/C=C/c1ccc(N)nc1.CN(Cc1cc2ccccc2n1C)C(=O)/C=C/c1ccc(NC(=O)C2CCN(C(=O)OCc3ccccc3)CC2)nc1.CN(Cc1cc2ccccc2n1C)C(=O)/C=C/c1ccc(NC(=O)C2CCNCC2)nc1. The zero-order chi connectivity index (χ0) is 94.0. The normalized spacial score (nSPS) is 13.7. The zero-order valence-corrected chi connectivity index (χ0v) is 76.7. The highest BCUT2D eigenvalue weighted by molar-refractivity contribution is 5.97. The summed E-state index contributed by atoms with van der Waals surface area (Å²) in [5.74, 6) is 1.13. The van der Waals surface area contributed by atoms with Crippen molar-refractivity contribution in [1.82, 2.24) is 72.9 Å². The van der Waals surface area contributed by atoms with E-state index in [2.05, 4.69) is 132 Å². The molecule has 133 heavy (non-hydrogen) atoms. The molecule has 0 bridgehead atoms. The number of carbonyl (C=O) groups is 9. The molecule has 6 N–H and O–H groups in total. The van der Waals surface area contributed by atoms with Gasteiger partial charge in [0.05, 0.1) is 26.2 Å².